The van der Waals surface area contributed by atoms with Crippen molar-refractivity contribution in [3.05, 3.63) is 59.7 Å². The predicted molar refractivity (Wildman–Crippen MR) is 105 cm³/mol. The van der Waals surface area contributed by atoms with Gasteiger partial charge in [0.25, 0.3) is 0 Å². The van der Waals surface area contributed by atoms with Crippen LogP contribution in [0.4, 0.5) is 0 Å². The molecule has 2 aromatic carbocycles. The first-order chi connectivity index (χ1) is 13.4. The number of phenolic OH excluding ortho intramolecular Hbond substituents is 2. The number of hydrogen-bond acceptors (Lipinski definition) is 4. The number of carboxylic acid groups (broad SMARTS) is 2. The Labute approximate surface area is 164 Å². The maximum atomic E-state index is 12.5. The Hall–Kier alpha value is -3.02. The molecule has 0 saturated carbocycles. The molecule has 0 aromatic heterocycles. The summed E-state index contributed by atoms with van der Waals surface area (Å²) in [5.41, 5.74) is -0.480. The quantitative estimate of drug-likeness (QED) is 0.428. The topological polar surface area (TPSA) is 115 Å². The van der Waals surface area contributed by atoms with Crippen molar-refractivity contribution in [3.63, 3.8) is 0 Å². The number of hydrogen-bond donors (Lipinski definition) is 4. The van der Waals surface area contributed by atoms with E-state index in [0.717, 1.165) is 19.3 Å². The molecule has 0 spiro atoms. The molecule has 6 nitrogen and oxygen atoms in total. The molecule has 0 fully saturated rings. The van der Waals surface area contributed by atoms with E-state index >= 15 is 0 Å². The van der Waals surface area contributed by atoms with E-state index in [1.807, 2.05) is 0 Å². The van der Waals surface area contributed by atoms with Gasteiger partial charge in [-0.3, -0.25) is 9.59 Å². The Morgan fingerprint density at radius 1 is 0.750 bits per heavy atom. The van der Waals surface area contributed by atoms with E-state index in [-0.39, 0.29) is 17.9 Å². The lowest BCUT2D eigenvalue weighted by Crippen LogP contribution is -2.37. The Kier molecular flexibility index (Phi) is 7.44. The van der Waals surface area contributed by atoms with Crippen LogP contribution in [-0.4, -0.2) is 32.4 Å². The number of benzene rings is 2. The average molecular weight is 386 g/mol. The largest absolute Gasteiger partial charge is 0.508 e. The van der Waals surface area contributed by atoms with Crippen LogP contribution >= 0.6 is 0 Å². The van der Waals surface area contributed by atoms with Gasteiger partial charge in [0.05, 0.1) is 0 Å². The molecule has 0 aliphatic rings. The van der Waals surface area contributed by atoms with Crippen LogP contribution < -0.4 is 0 Å². The molecule has 0 atom stereocenters. The van der Waals surface area contributed by atoms with Crippen molar-refractivity contribution in [2.75, 3.05) is 0 Å². The van der Waals surface area contributed by atoms with E-state index in [9.17, 15) is 24.9 Å². The standard InChI is InChI=1S/C22H26O6/c23-18-10-6-8-16(14-18)22(21(27)28,17-9-7-11-19(24)15-17)13-5-3-1-2-4-12-20(25)26/h6-11,14-15,23-24H,1-5,12-13H2,(H,25,26)(H,27,28). The summed E-state index contributed by atoms with van der Waals surface area (Å²) in [6.07, 6.45) is 4.04. The van der Waals surface area contributed by atoms with Crippen LogP contribution in [0.5, 0.6) is 11.5 Å². The molecule has 2 aromatic rings. The van der Waals surface area contributed by atoms with E-state index in [0.29, 0.717) is 30.4 Å². The summed E-state index contributed by atoms with van der Waals surface area (Å²) < 4.78 is 0. The van der Waals surface area contributed by atoms with Gasteiger partial charge in [0.1, 0.15) is 16.9 Å². The van der Waals surface area contributed by atoms with Crippen LogP contribution in [0, 0.1) is 0 Å². The summed E-state index contributed by atoms with van der Waals surface area (Å²) in [7, 11) is 0. The fraction of sp³-hybridized carbons (Fsp3) is 0.364. The molecular weight excluding hydrogens is 360 g/mol. The van der Waals surface area contributed by atoms with Gasteiger partial charge in [0.15, 0.2) is 0 Å². The van der Waals surface area contributed by atoms with E-state index in [1.54, 1.807) is 24.3 Å². The zero-order chi connectivity index (χ0) is 20.6. The van der Waals surface area contributed by atoms with Gasteiger partial charge < -0.3 is 20.4 Å². The summed E-state index contributed by atoms with van der Waals surface area (Å²) in [6.45, 7) is 0. The Morgan fingerprint density at radius 2 is 1.25 bits per heavy atom. The first-order valence-electron chi connectivity index (χ1n) is 9.40. The molecule has 0 aliphatic carbocycles. The Balaban J connectivity index is 2.23. The molecule has 0 heterocycles. The fourth-order valence-electron chi connectivity index (χ4n) is 3.55. The van der Waals surface area contributed by atoms with Crippen molar-refractivity contribution in [1.82, 2.24) is 0 Å². The van der Waals surface area contributed by atoms with Gasteiger partial charge in [-0.1, -0.05) is 49.9 Å². The molecule has 2 rings (SSSR count). The van der Waals surface area contributed by atoms with Crippen molar-refractivity contribution < 1.29 is 30.0 Å². The molecular formula is C22H26O6. The van der Waals surface area contributed by atoms with Crippen LogP contribution in [0.2, 0.25) is 0 Å². The maximum Gasteiger partial charge on any atom is 0.318 e. The number of aliphatic carboxylic acids is 2. The van der Waals surface area contributed by atoms with Crippen molar-refractivity contribution >= 4 is 11.9 Å². The maximum absolute atomic E-state index is 12.5. The molecule has 150 valence electrons. The Morgan fingerprint density at radius 3 is 1.71 bits per heavy atom. The average Bonchev–Trinajstić information content (AvgIpc) is 2.63. The molecule has 0 saturated heterocycles. The van der Waals surface area contributed by atoms with E-state index in [4.69, 9.17) is 5.11 Å². The third-order valence-corrected chi connectivity index (χ3v) is 4.99. The number of phenols is 2. The van der Waals surface area contributed by atoms with Gasteiger partial charge in [0.2, 0.25) is 0 Å². The SMILES string of the molecule is O=C(O)CCCCCCCC(C(=O)O)(c1cccc(O)c1)c1cccc(O)c1. The molecule has 4 N–H and O–H groups in total. The monoisotopic (exact) mass is 386 g/mol. The van der Waals surface area contributed by atoms with Gasteiger partial charge >= 0.3 is 11.9 Å². The minimum atomic E-state index is -1.39. The number of carbonyl (C=O) groups is 2. The highest BCUT2D eigenvalue weighted by Crippen LogP contribution is 2.40. The summed E-state index contributed by atoms with van der Waals surface area (Å²) in [5, 5.41) is 38.6. The molecule has 6 heteroatoms. The van der Waals surface area contributed by atoms with Crippen LogP contribution in [0.15, 0.2) is 48.5 Å². The predicted octanol–water partition coefficient (Wildman–Crippen LogP) is 4.28. The zero-order valence-corrected chi connectivity index (χ0v) is 15.7. The highest BCUT2D eigenvalue weighted by Gasteiger charge is 2.42. The molecule has 0 radical (unpaired) electrons. The van der Waals surface area contributed by atoms with Crippen LogP contribution in [0.1, 0.15) is 56.1 Å². The summed E-state index contributed by atoms with van der Waals surface area (Å²) in [6, 6.07) is 12.4. The first kappa shape index (κ1) is 21.3. The van der Waals surface area contributed by atoms with Crippen LogP contribution in [0.25, 0.3) is 0 Å². The molecule has 0 aliphatic heterocycles. The lowest BCUT2D eigenvalue weighted by molar-refractivity contribution is -0.142. The number of carboxylic acids is 2. The van der Waals surface area contributed by atoms with E-state index in [1.165, 1.54) is 24.3 Å². The number of rotatable bonds is 11. The molecule has 0 unspecified atom stereocenters. The zero-order valence-electron chi connectivity index (χ0n) is 15.7. The van der Waals surface area contributed by atoms with E-state index in [2.05, 4.69) is 0 Å². The van der Waals surface area contributed by atoms with Crippen LogP contribution in [0.3, 0.4) is 0 Å². The number of unbranched alkanes of at least 4 members (excludes halogenated alkanes) is 4. The summed E-state index contributed by atoms with van der Waals surface area (Å²) >= 11 is 0. The highest BCUT2D eigenvalue weighted by molar-refractivity contribution is 5.86. The van der Waals surface area contributed by atoms with Crippen molar-refractivity contribution in [3.8, 4) is 11.5 Å². The smallest absolute Gasteiger partial charge is 0.318 e. The minimum Gasteiger partial charge on any atom is -0.508 e. The second-order valence-electron chi connectivity index (χ2n) is 6.97. The van der Waals surface area contributed by atoms with Gasteiger partial charge in [-0.15, -0.1) is 0 Å². The molecule has 0 bridgehead atoms. The van der Waals surface area contributed by atoms with Gasteiger partial charge in [-0.25, -0.2) is 0 Å². The van der Waals surface area contributed by atoms with Crippen LogP contribution in [-0.2, 0) is 15.0 Å². The lowest BCUT2D eigenvalue weighted by Gasteiger charge is -2.31. The van der Waals surface area contributed by atoms with Gasteiger partial charge in [-0.05, 0) is 48.2 Å². The van der Waals surface area contributed by atoms with Crippen molar-refractivity contribution in [2.24, 2.45) is 0 Å². The summed E-state index contributed by atoms with van der Waals surface area (Å²) in [4.78, 5) is 23.0. The summed E-state index contributed by atoms with van der Waals surface area (Å²) in [5.74, 6) is -1.89. The third-order valence-electron chi connectivity index (χ3n) is 4.99. The second-order valence-corrected chi connectivity index (χ2v) is 6.97. The van der Waals surface area contributed by atoms with Crippen molar-refractivity contribution in [2.45, 2.75) is 50.4 Å². The highest BCUT2D eigenvalue weighted by atomic mass is 16.4. The lowest BCUT2D eigenvalue weighted by atomic mass is 9.71. The minimum absolute atomic E-state index is 0.0167. The van der Waals surface area contributed by atoms with Gasteiger partial charge in [-0.2, -0.15) is 0 Å². The second kappa shape index (κ2) is 9.78. The Bertz CT molecular complexity index is 769. The fourth-order valence-corrected chi connectivity index (χ4v) is 3.55. The van der Waals surface area contributed by atoms with E-state index < -0.39 is 17.4 Å². The van der Waals surface area contributed by atoms with Gasteiger partial charge in [0, 0.05) is 6.42 Å². The molecule has 28 heavy (non-hydrogen) atoms. The first-order valence-corrected chi connectivity index (χ1v) is 9.40. The third kappa shape index (κ3) is 5.25. The normalized spacial score (nSPS) is 11.3. The number of aromatic hydroxyl groups is 2. The molecule has 0 amide bonds. The van der Waals surface area contributed by atoms with Crippen molar-refractivity contribution in [1.29, 1.82) is 0 Å².